The molecule has 8 nitrogen and oxygen atoms in total. The van der Waals surface area contributed by atoms with Crippen molar-refractivity contribution >= 4 is 44.3 Å². The number of nitrogens with zero attached hydrogens (tertiary/aromatic N) is 3. The van der Waals surface area contributed by atoms with Gasteiger partial charge in [-0.1, -0.05) is 18.2 Å². The Hall–Kier alpha value is -3.43. The number of hydrogen-bond acceptors (Lipinski definition) is 7. The van der Waals surface area contributed by atoms with Crippen LogP contribution in [0, 0.1) is 0 Å². The van der Waals surface area contributed by atoms with Gasteiger partial charge in [0.15, 0.2) is 0 Å². The molecule has 3 N–H and O–H groups in total. The Kier molecular flexibility index (Phi) is 6.96. The Morgan fingerprint density at radius 2 is 1.77 bits per heavy atom. The minimum atomic E-state index is -0.244. The summed E-state index contributed by atoms with van der Waals surface area (Å²) in [5, 5.41) is 7.17. The zero-order chi connectivity index (χ0) is 24.2. The fourth-order valence-corrected chi connectivity index (χ4v) is 4.78. The van der Waals surface area contributed by atoms with E-state index in [0.29, 0.717) is 33.2 Å². The van der Waals surface area contributed by atoms with E-state index in [1.54, 1.807) is 6.20 Å². The molecule has 2 aromatic heterocycles. The highest BCUT2D eigenvalue weighted by Crippen LogP contribution is 2.30. The summed E-state index contributed by atoms with van der Waals surface area (Å²) < 4.78 is 6.61. The number of piperidine rings is 1. The van der Waals surface area contributed by atoms with E-state index in [9.17, 15) is 4.79 Å². The third kappa shape index (κ3) is 5.16. The summed E-state index contributed by atoms with van der Waals surface area (Å²) in [7, 11) is 0. The topological polar surface area (TPSA) is 95.2 Å². The van der Waals surface area contributed by atoms with Crippen LogP contribution in [0.25, 0.3) is 10.9 Å². The Bertz CT molecular complexity index is 1350. The van der Waals surface area contributed by atoms with E-state index >= 15 is 0 Å². The minimum Gasteiger partial charge on any atom is -0.457 e. The van der Waals surface area contributed by atoms with Crippen molar-refractivity contribution in [1.29, 1.82) is 0 Å². The Morgan fingerprint density at radius 1 is 1.06 bits per heavy atom. The molecule has 35 heavy (non-hydrogen) atoms. The molecule has 4 aromatic rings. The van der Waals surface area contributed by atoms with Gasteiger partial charge in [-0.3, -0.25) is 4.79 Å². The van der Waals surface area contributed by atoms with Gasteiger partial charge in [-0.15, -0.1) is 0 Å². The van der Waals surface area contributed by atoms with Crippen molar-refractivity contribution in [2.24, 2.45) is 0 Å². The molecule has 1 aliphatic rings. The highest BCUT2D eigenvalue weighted by atomic mass is 79.9. The molecule has 0 saturated carbocycles. The first kappa shape index (κ1) is 23.3. The largest absolute Gasteiger partial charge is 0.457 e. The maximum Gasteiger partial charge on any atom is 0.261 e. The quantitative estimate of drug-likeness (QED) is 0.300. The number of halogens is 1. The van der Waals surface area contributed by atoms with E-state index in [1.165, 1.54) is 0 Å². The highest BCUT2D eigenvalue weighted by molar-refractivity contribution is 9.10. The van der Waals surface area contributed by atoms with Crippen LogP contribution in [0.1, 0.15) is 19.8 Å². The molecule has 5 rings (SSSR count). The van der Waals surface area contributed by atoms with Crippen LogP contribution in [0.4, 0.5) is 17.5 Å². The second-order valence-corrected chi connectivity index (χ2v) is 9.25. The van der Waals surface area contributed by atoms with Crippen molar-refractivity contribution in [3.8, 4) is 11.5 Å². The molecular weight excluding hydrogens is 508 g/mol. The third-order valence-electron chi connectivity index (χ3n) is 6.12. The van der Waals surface area contributed by atoms with Gasteiger partial charge in [0, 0.05) is 24.5 Å². The lowest BCUT2D eigenvalue weighted by Crippen LogP contribution is -2.44. The van der Waals surface area contributed by atoms with Gasteiger partial charge in [0.2, 0.25) is 5.95 Å². The summed E-state index contributed by atoms with van der Waals surface area (Å²) in [5.74, 6) is 2.58. The first-order valence-corrected chi connectivity index (χ1v) is 12.6. The Labute approximate surface area is 211 Å². The molecule has 2 aromatic carbocycles. The van der Waals surface area contributed by atoms with Crippen LogP contribution in [0.5, 0.6) is 11.5 Å². The van der Waals surface area contributed by atoms with Crippen LogP contribution >= 0.6 is 15.9 Å². The maximum absolute atomic E-state index is 12.8. The number of pyridine rings is 1. The average Bonchev–Trinajstić information content (AvgIpc) is 2.89. The molecule has 0 amide bonds. The lowest BCUT2D eigenvalue weighted by Gasteiger charge is -2.34. The Balaban J connectivity index is 1.49. The molecule has 1 saturated heterocycles. The number of aromatic amines is 1. The molecule has 0 radical (unpaired) electrons. The number of fused-ring (bicyclic) bond motifs is 1. The molecule has 3 heterocycles. The number of rotatable bonds is 7. The van der Waals surface area contributed by atoms with Crippen molar-refractivity contribution in [3.05, 3.63) is 75.6 Å². The number of para-hydroxylation sites is 1. The molecule has 1 fully saturated rings. The number of hydrogen-bond donors (Lipinski definition) is 3. The monoisotopic (exact) mass is 534 g/mol. The summed E-state index contributed by atoms with van der Waals surface area (Å²) in [4.78, 5) is 27.5. The second-order valence-electron chi connectivity index (χ2n) is 8.39. The molecule has 0 unspecified atom stereocenters. The number of nitrogens with one attached hydrogen (secondary N) is 3. The average molecular weight is 535 g/mol. The summed E-state index contributed by atoms with van der Waals surface area (Å²) >= 11 is 3.56. The number of anilines is 3. The van der Waals surface area contributed by atoms with Gasteiger partial charge in [-0.2, -0.15) is 4.98 Å². The van der Waals surface area contributed by atoms with Crippen LogP contribution in [0.2, 0.25) is 0 Å². The van der Waals surface area contributed by atoms with E-state index < -0.39 is 0 Å². The fraction of sp³-hybridized carbons (Fsp3) is 0.269. The normalized spacial score (nSPS) is 14.1. The third-order valence-corrected chi connectivity index (χ3v) is 6.73. The smallest absolute Gasteiger partial charge is 0.261 e. The maximum atomic E-state index is 12.8. The molecule has 0 bridgehead atoms. The van der Waals surface area contributed by atoms with E-state index in [0.717, 1.165) is 49.7 Å². The summed E-state index contributed by atoms with van der Waals surface area (Å²) in [6, 6.07) is 17.6. The lowest BCUT2D eigenvalue weighted by atomic mass is 10.1. The lowest BCUT2D eigenvalue weighted by molar-refractivity contribution is 0.429. The molecule has 180 valence electrons. The van der Waals surface area contributed by atoms with Crippen molar-refractivity contribution < 1.29 is 4.74 Å². The van der Waals surface area contributed by atoms with Crippen molar-refractivity contribution in [1.82, 2.24) is 20.3 Å². The van der Waals surface area contributed by atoms with E-state index in [1.807, 2.05) is 54.6 Å². The van der Waals surface area contributed by atoms with Gasteiger partial charge < -0.3 is 25.3 Å². The zero-order valence-electron chi connectivity index (χ0n) is 19.4. The van der Waals surface area contributed by atoms with Crippen molar-refractivity contribution in [2.45, 2.75) is 25.8 Å². The van der Waals surface area contributed by atoms with Gasteiger partial charge in [0.05, 0.1) is 9.99 Å². The second kappa shape index (κ2) is 10.5. The van der Waals surface area contributed by atoms with E-state index in [4.69, 9.17) is 14.7 Å². The Morgan fingerprint density at radius 3 is 2.49 bits per heavy atom. The summed E-state index contributed by atoms with van der Waals surface area (Å²) in [5.41, 5.74) is 1.13. The first-order chi connectivity index (χ1) is 17.1. The molecule has 0 spiro atoms. The number of ether oxygens (including phenoxy) is 1. The standard InChI is InChI=1S/C26H27BrN6O2/c1-2-33(18-12-14-28-15-13-18)26-31-23-21(27)16-29-25(34)22(23)24(32-26)30-17-8-10-20(11-9-17)35-19-6-4-3-5-7-19/h3-11,16,18,28H,2,12-15H2,1H3,(H,29,34)(H,30,31,32). The molecular formula is C26H27BrN6O2. The highest BCUT2D eigenvalue weighted by Gasteiger charge is 2.24. The zero-order valence-corrected chi connectivity index (χ0v) is 21.0. The predicted octanol–water partition coefficient (Wildman–Crippen LogP) is 5.19. The predicted molar refractivity (Wildman–Crippen MR) is 143 cm³/mol. The van der Waals surface area contributed by atoms with Gasteiger partial charge in [0.25, 0.3) is 5.56 Å². The first-order valence-electron chi connectivity index (χ1n) is 11.8. The molecule has 0 aliphatic carbocycles. The SMILES string of the molecule is CCN(c1nc(Nc2ccc(Oc3ccccc3)cc2)c2c(=O)[nH]cc(Br)c2n1)C1CCNCC1. The van der Waals surface area contributed by atoms with Gasteiger partial charge >= 0.3 is 0 Å². The van der Waals surface area contributed by atoms with Crippen molar-refractivity contribution in [3.63, 3.8) is 0 Å². The number of H-pyrrole nitrogens is 1. The van der Waals surface area contributed by atoms with Crippen molar-refractivity contribution in [2.75, 3.05) is 29.9 Å². The van der Waals surface area contributed by atoms with E-state index in [-0.39, 0.29) is 5.56 Å². The molecule has 9 heteroatoms. The van der Waals surface area contributed by atoms with Crippen LogP contribution in [0.15, 0.2) is 70.1 Å². The van der Waals surface area contributed by atoms with Gasteiger partial charge in [-0.05, 0) is 85.2 Å². The van der Waals surface area contributed by atoms with Crippen LogP contribution < -0.4 is 25.8 Å². The summed E-state index contributed by atoms with van der Waals surface area (Å²) in [6.45, 7) is 4.84. The number of aromatic nitrogens is 3. The minimum absolute atomic E-state index is 0.244. The van der Waals surface area contributed by atoms with Crippen LogP contribution in [-0.4, -0.2) is 40.6 Å². The van der Waals surface area contributed by atoms with Crippen LogP contribution in [0.3, 0.4) is 0 Å². The molecule has 0 atom stereocenters. The summed E-state index contributed by atoms with van der Waals surface area (Å²) in [6.07, 6.45) is 3.68. The number of benzene rings is 2. The molecule has 1 aliphatic heterocycles. The van der Waals surface area contributed by atoms with Crippen LogP contribution in [-0.2, 0) is 0 Å². The van der Waals surface area contributed by atoms with Gasteiger partial charge in [-0.25, -0.2) is 4.98 Å². The van der Waals surface area contributed by atoms with E-state index in [2.05, 4.69) is 43.4 Å². The van der Waals surface area contributed by atoms with Gasteiger partial charge in [0.1, 0.15) is 22.7 Å². The fourth-order valence-electron chi connectivity index (χ4n) is 4.37.